The molecule has 84 valence electrons. The number of hydrogen-bond donors (Lipinski definition) is 2. The van der Waals surface area contributed by atoms with Gasteiger partial charge in [-0.3, -0.25) is 4.79 Å². The van der Waals surface area contributed by atoms with Crippen LogP contribution in [0.15, 0.2) is 0 Å². The zero-order valence-corrected chi connectivity index (χ0v) is 9.13. The number of rotatable bonds is 8. The minimum atomic E-state index is -0.00742. The number of hydrogen-bond acceptors (Lipinski definition) is 4. The van der Waals surface area contributed by atoms with Gasteiger partial charge in [-0.15, -0.1) is 0 Å². The second-order valence-electron chi connectivity index (χ2n) is 3.00. The summed E-state index contributed by atoms with van der Waals surface area (Å²) >= 11 is 0. The molecule has 0 spiro atoms. The van der Waals surface area contributed by atoms with Gasteiger partial charge in [0.2, 0.25) is 5.91 Å². The summed E-state index contributed by atoms with van der Waals surface area (Å²) in [5, 5.41) is 5.85. The maximum absolute atomic E-state index is 10.5. The molecule has 0 radical (unpaired) electrons. The Morgan fingerprint density at radius 2 is 2.07 bits per heavy atom. The zero-order chi connectivity index (χ0) is 10.8. The van der Waals surface area contributed by atoms with Crippen LogP contribution in [0.4, 0.5) is 0 Å². The molecule has 2 N–H and O–H groups in total. The van der Waals surface area contributed by atoms with Gasteiger partial charge >= 0.3 is 0 Å². The molecule has 0 aromatic carbocycles. The molecule has 0 heterocycles. The average Bonchev–Trinajstić information content (AvgIpc) is 2.15. The van der Waals surface area contributed by atoms with Crippen LogP contribution in [0.2, 0.25) is 0 Å². The van der Waals surface area contributed by atoms with Crippen molar-refractivity contribution < 1.29 is 14.3 Å². The van der Waals surface area contributed by atoms with Gasteiger partial charge in [0.1, 0.15) is 0 Å². The summed E-state index contributed by atoms with van der Waals surface area (Å²) in [5.74, 6) is -0.00742. The van der Waals surface area contributed by atoms with Gasteiger partial charge in [0.05, 0.1) is 12.7 Å². The topological polar surface area (TPSA) is 59.6 Å². The summed E-state index contributed by atoms with van der Waals surface area (Å²) in [6, 6.07) is 0. The Balaban J connectivity index is 3.28. The van der Waals surface area contributed by atoms with E-state index in [1.807, 2.05) is 0 Å². The number of methoxy groups -OCH3 is 2. The Labute approximate surface area is 85.1 Å². The fourth-order valence-electron chi connectivity index (χ4n) is 0.986. The fraction of sp³-hybridized carbons (Fsp3) is 0.889. The molecule has 1 atom stereocenters. The molecule has 14 heavy (non-hydrogen) atoms. The van der Waals surface area contributed by atoms with Crippen LogP contribution in [0.25, 0.3) is 0 Å². The van der Waals surface area contributed by atoms with Gasteiger partial charge in [0.15, 0.2) is 0 Å². The molecule has 0 saturated carbocycles. The maximum atomic E-state index is 10.5. The predicted octanol–water partition coefficient (Wildman–Crippen LogP) is -0.626. The third-order valence-corrected chi connectivity index (χ3v) is 1.73. The van der Waals surface area contributed by atoms with E-state index in [0.717, 1.165) is 13.1 Å². The smallest absolute Gasteiger partial charge is 0.216 e. The number of carbonyl (C=O) groups is 1. The molecule has 0 aromatic heterocycles. The third-order valence-electron chi connectivity index (χ3n) is 1.73. The summed E-state index contributed by atoms with van der Waals surface area (Å²) < 4.78 is 10.1. The number of carbonyl (C=O) groups excluding carboxylic acids is 1. The molecular weight excluding hydrogens is 184 g/mol. The van der Waals surface area contributed by atoms with E-state index in [1.165, 1.54) is 6.92 Å². The third kappa shape index (κ3) is 7.97. The van der Waals surface area contributed by atoms with Crippen LogP contribution in [0.3, 0.4) is 0 Å². The van der Waals surface area contributed by atoms with E-state index in [9.17, 15) is 4.79 Å². The SMILES string of the molecule is COCC(CNCCNC(C)=O)OC. The lowest BCUT2D eigenvalue weighted by Gasteiger charge is -2.14. The molecule has 0 aliphatic heterocycles. The highest BCUT2D eigenvalue weighted by Gasteiger charge is 2.04. The Kier molecular flexibility index (Phi) is 8.51. The summed E-state index contributed by atoms with van der Waals surface area (Å²) in [6.45, 7) is 4.18. The first kappa shape index (κ1) is 13.4. The lowest BCUT2D eigenvalue weighted by molar-refractivity contribution is -0.118. The van der Waals surface area contributed by atoms with Crippen LogP contribution in [-0.4, -0.2) is 52.5 Å². The first-order chi connectivity index (χ1) is 6.70. The molecule has 0 bridgehead atoms. The van der Waals surface area contributed by atoms with Gasteiger partial charge in [0.25, 0.3) is 0 Å². The lowest BCUT2D eigenvalue weighted by Crippen LogP contribution is -2.36. The largest absolute Gasteiger partial charge is 0.382 e. The molecule has 0 rings (SSSR count). The van der Waals surface area contributed by atoms with E-state index in [2.05, 4.69) is 10.6 Å². The Bertz CT molecular complexity index is 153. The van der Waals surface area contributed by atoms with E-state index >= 15 is 0 Å². The summed E-state index contributed by atoms with van der Waals surface area (Å²) in [4.78, 5) is 10.5. The number of amides is 1. The van der Waals surface area contributed by atoms with Crippen molar-refractivity contribution in [3.8, 4) is 0 Å². The number of ether oxygens (including phenoxy) is 2. The lowest BCUT2D eigenvalue weighted by atomic mass is 10.3. The number of nitrogens with one attached hydrogen (secondary N) is 2. The van der Waals surface area contributed by atoms with Crippen molar-refractivity contribution in [1.29, 1.82) is 0 Å². The maximum Gasteiger partial charge on any atom is 0.216 e. The minimum absolute atomic E-state index is 0.00742. The van der Waals surface area contributed by atoms with Gasteiger partial charge in [-0.1, -0.05) is 0 Å². The quantitative estimate of drug-likeness (QED) is 0.517. The van der Waals surface area contributed by atoms with Crippen molar-refractivity contribution >= 4 is 5.91 Å². The van der Waals surface area contributed by atoms with Crippen LogP contribution in [0.1, 0.15) is 6.92 Å². The average molecular weight is 204 g/mol. The van der Waals surface area contributed by atoms with E-state index in [-0.39, 0.29) is 12.0 Å². The Hall–Kier alpha value is -0.650. The second-order valence-corrected chi connectivity index (χ2v) is 3.00. The first-order valence-electron chi connectivity index (χ1n) is 4.67. The Morgan fingerprint density at radius 3 is 2.57 bits per heavy atom. The summed E-state index contributed by atoms with van der Waals surface area (Å²) in [5.41, 5.74) is 0. The van der Waals surface area contributed by atoms with Crippen molar-refractivity contribution in [3.05, 3.63) is 0 Å². The Morgan fingerprint density at radius 1 is 1.36 bits per heavy atom. The van der Waals surface area contributed by atoms with Crippen LogP contribution in [-0.2, 0) is 14.3 Å². The zero-order valence-electron chi connectivity index (χ0n) is 9.13. The fourth-order valence-corrected chi connectivity index (χ4v) is 0.986. The van der Waals surface area contributed by atoms with Crippen LogP contribution in [0.5, 0.6) is 0 Å². The molecule has 0 saturated heterocycles. The van der Waals surface area contributed by atoms with E-state index in [4.69, 9.17) is 9.47 Å². The standard InChI is InChI=1S/C9H20N2O3/c1-8(12)11-5-4-10-6-9(14-3)7-13-2/h9-10H,4-7H2,1-3H3,(H,11,12). The van der Waals surface area contributed by atoms with Crippen molar-refractivity contribution in [2.24, 2.45) is 0 Å². The highest BCUT2D eigenvalue weighted by Crippen LogP contribution is 1.87. The van der Waals surface area contributed by atoms with Gasteiger partial charge in [-0.2, -0.15) is 0 Å². The highest BCUT2D eigenvalue weighted by molar-refractivity contribution is 5.72. The monoisotopic (exact) mass is 204 g/mol. The molecule has 1 unspecified atom stereocenters. The molecule has 0 aliphatic carbocycles. The van der Waals surface area contributed by atoms with Crippen molar-refractivity contribution in [2.45, 2.75) is 13.0 Å². The van der Waals surface area contributed by atoms with Gasteiger partial charge in [-0.25, -0.2) is 0 Å². The van der Waals surface area contributed by atoms with Crippen LogP contribution < -0.4 is 10.6 Å². The van der Waals surface area contributed by atoms with Gasteiger partial charge in [-0.05, 0) is 0 Å². The van der Waals surface area contributed by atoms with E-state index in [0.29, 0.717) is 13.2 Å². The molecular formula is C9H20N2O3. The van der Waals surface area contributed by atoms with Crippen LogP contribution >= 0.6 is 0 Å². The molecule has 0 fully saturated rings. The molecule has 5 nitrogen and oxygen atoms in total. The van der Waals surface area contributed by atoms with Gasteiger partial charge < -0.3 is 20.1 Å². The van der Waals surface area contributed by atoms with Gasteiger partial charge in [0, 0.05) is 40.8 Å². The van der Waals surface area contributed by atoms with Crippen molar-refractivity contribution in [1.82, 2.24) is 10.6 Å². The minimum Gasteiger partial charge on any atom is -0.382 e. The summed E-state index contributed by atoms with van der Waals surface area (Å²) in [6.07, 6.45) is 0.0670. The molecule has 5 heteroatoms. The predicted molar refractivity (Wildman–Crippen MR) is 54.2 cm³/mol. The molecule has 1 amide bonds. The molecule has 0 aromatic rings. The van der Waals surface area contributed by atoms with Crippen LogP contribution in [0, 0.1) is 0 Å². The summed E-state index contributed by atoms with van der Waals surface area (Å²) in [7, 11) is 3.29. The normalized spacial score (nSPS) is 12.5. The van der Waals surface area contributed by atoms with E-state index < -0.39 is 0 Å². The highest BCUT2D eigenvalue weighted by atomic mass is 16.5. The second kappa shape index (κ2) is 8.93. The molecule has 0 aliphatic rings. The van der Waals surface area contributed by atoms with E-state index in [1.54, 1.807) is 14.2 Å². The van der Waals surface area contributed by atoms with Crippen molar-refractivity contribution in [2.75, 3.05) is 40.5 Å². The first-order valence-corrected chi connectivity index (χ1v) is 4.67. The van der Waals surface area contributed by atoms with Crippen molar-refractivity contribution in [3.63, 3.8) is 0 Å².